The summed E-state index contributed by atoms with van der Waals surface area (Å²) in [6.45, 7) is 0.00810. The van der Waals surface area contributed by atoms with Crippen molar-refractivity contribution in [3.63, 3.8) is 0 Å². The van der Waals surface area contributed by atoms with Gasteiger partial charge in [0.25, 0.3) is 5.91 Å². The van der Waals surface area contributed by atoms with E-state index in [1.807, 2.05) is 30.5 Å². The minimum atomic E-state index is -0.638. The van der Waals surface area contributed by atoms with Crippen LogP contribution in [0.4, 0.5) is 9.18 Å². The fourth-order valence-corrected chi connectivity index (χ4v) is 3.43. The van der Waals surface area contributed by atoms with Crippen LogP contribution in [0.5, 0.6) is 0 Å². The summed E-state index contributed by atoms with van der Waals surface area (Å²) in [4.78, 5) is 29.2. The first-order valence-corrected chi connectivity index (χ1v) is 8.51. The van der Waals surface area contributed by atoms with E-state index in [-0.39, 0.29) is 17.5 Å². The molecule has 0 spiro atoms. The first-order chi connectivity index (χ1) is 12.5. The Balaban J connectivity index is 1.53. The maximum Gasteiger partial charge on any atom is 0.325 e. The van der Waals surface area contributed by atoms with Crippen molar-refractivity contribution < 1.29 is 14.0 Å². The molecule has 0 aliphatic carbocycles. The number of nitrogens with zero attached hydrogens (tertiary/aromatic N) is 1. The van der Waals surface area contributed by atoms with Gasteiger partial charge in [0.05, 0.1) is 6.54 Å². The minimum Gasteiger partial charge on any atom is -0.361 e. The number of nitrogens with one attached hydrogen (secondary N) is 2. The number of aromatic amines is 1. The molecule has 1 unspecified atom stereocenters. The summed E-state index contributed by atoms with van der Waals surface area (Å²) in [6, 6.07) is 10.6. The summed E-state index contributed by atoms with van der Waals surface area (Å²) in [5.41, 5.74) is 2.46. The van der Waals surface area contributed by atoms with Gasteiger partial charge in [0.1, 0.15) is 11.9 Å². The third-order valence-corrected chi connectivity index (χ3v) is 4.90. The van der Waals surface area contributed by atoms with Gasteiger partial charge in [0.15, 0.2) is 0 Å². The van der Waals surface area contributed by atoms with Gasteiger partial charge in [-0.25, -0.2) is 9.18 Å². The van der Waals surface area contributed by atoms with Gasteiger partial charge in [-0.2, -0.15) is 0 Å². The second-order valence-electron chi connectivity index (χ2n) is 6.23. The van der Waals surface area contributed by atoms with Gasteiger partial charge < -0.3 is 10.3 Å². The Labute approximate surface area is 153 Å². The van der Waals surface area contributed by atoms with Gasteiger partial charge in [0.2, 0.25) is 0 Å². The zero-order chi connectivity index (χ0) is 18.3. The highest BCUT2D eigenvalue weighted by Gasteiger charge is 2.38. The molecule has 26 heavy (non-hydrogen) atoms. The van der Waals surface area contributed by atoms with Crippen molar-refractivity contribution in [2.45, 2.75) is 19.0 Å². The van der Waals surface area contributed by atoms with E-state index in [1.165, 1.54) is 18.2 Å². The van der Waals surface area contributed by atoms with Crippen LogP contribution < -0.4 is 5.32 Å². The Morgan fingerprint density at radius 3 is 2.73 bits per heavy atom. The van der Waals surface area contributed by atoms with E-state index in [0.29, 0.717) is 12.0 Å². The van der Waals surface area contributed by atoms with Crippen molar-refractivity contribution in [1.29, 1.82) is 0 Å². The number of benzene rings is 2. The van der Waals surface area contributed by atoms with Crippen molar-refractivity contribution >= 4 is 34.4 Å². The SMILES string of the molecule is O=C1NC(Cc2c[nH]c3ccccc23)C(=O)N1Cc1ccc(F)cc1Cl. The topological polar surface area (TPSA) is 65.2 Å². The third kappa shape index (κ3) is 2.93. The molecule has 1 aliphatic heterocycles. The van der Waals surface area contributed by atoms with Gasteiger partial charge in [-0.1, -0.05) is 35.9 Å². The lowest BCUT2D eigenvalue weighted by Crippen LogP contribution is -2.32. The molecule has 1 saturated heterocycles. The number of halogens is 2. The molecule has 0 bridgehead atoms. The first kappa shape index (κ1) is 16.6. The Hall–Kier alpha value is -2.86. The molecule has 1 fully saturated rings. The molecule has 132 valence electrons. The van der Waals surface area contributed by atoms with E-state index in [0.717, 1.165) is 21.4 Å². The average Bonchev–Trinajstić information content (AvgIpc) is 3.14. The van der Waals surface area contributed by atoms with Gasteiger partial charge in [-0.05, 0) is 29.3 Å². The number of urea groups is 1. The van der Waals surface area contributed by atoms with Gasteiger partial charge >= 0.3 is 6.03 Å². The van der Waals surface area contributed by atoms with E-state index in [4.69, 9.17) is 11.6 Å². The Bertz CT molecular complexity index is 1020. The molecule has 5 nitrogen and oxygen atoms in total. The monoisotopic (exact) mass is 371 g/mol. The molecular formula is C19H15ClFN3O2. The maximum atomic E-state index is 13.2. The summed E-state index contributed by atoms with van der Waals surface area (Å²) < 4.78 is 13.2. The second-order valence-corrected chi connectivity index (χ2v) is 6.63. The lowest BCUT2D eigenvalue weighted by Gasteiger charge is -2.14. The fourth-order valence-electron chi connectivity index (χ4n) is 3.21. The zero-order valence-electron chi connectivity index (χ0n) is 13.6. The molecule has 3 amide bonds. The number of para-hydroxylation sites is 1. The van der Waals surface area contributed by atoms with E-state index >= 15 is 0 Å². The molecule has 0 saturated carbocycles. The molecule has 2 heterocycles. The second kappa shape index (κ2) is 6.46. The molecule has 7 heteroatoms. The van der Waals surface area contributed by atoms with Crippen LogP contribution in [-0.2, 0) is 17.8 Å². The summed E-state index contributed by atoms with van der Waals surface area (Å²) in [6.07, 6.45) is 2.24. The lowest BCUT2D eigenvalue weighted by molar-refractivity contribution is -0.127. The number of rotatable bonds is 4. The largest absolute Gasteiger partial charge is 0.361 e. The summed E-state index contributed by atoms with van der Waals surface area (Å²) in [7, 11) is 0. The first-order valence-electron chi connectivity index (χ1n) is 8.14. The van der Waals surface area contributed by atoms with Crippen molar-refractivity contribution in [2.24, 2.45) is 0 Å². The number of aromatic nitrogens is 1. The average molecular weight is 372 g/mol. The molecule has 3 aromatic rings. The molecule has 1 atom stereocenters. The molecule has 1 aliphatic rings. The van der Waals surface area contributed by atoms with E-state index in [9.17, 15) is 14.0 Å². The normalized spacial score (nSPS) is 17.2. The van der Waals surface area contributed by atoms with Crippen LogP contribution >= 0.6 is 11.6 Å². The predicted molar refractivity (Wildman–Crippen MR) is 96.3 cm³/mol. The predicted octanol–water partition coefficient (Wildman–Crippen LogP) is 3.62. The molecular weight excluding hydrogens is 357 g/mol. The molecule has 2 N–H and O–H groups in total. The van der Waals surface area contributed by atoms with Crippen LogP contribution in [-0.4, -0.2) is 27.9 Å². The van der Waals surface area contributed by atoms with E-state index in [2.05, 4.69) is 10.3 Å². The maximum absolute atomic E-state index is 13.2. The number of carbonyl (C=O) groups is 2. The fraction of sp³-hybridized carbons (Fsp3) is 0.158. The molecule has 2 aromatic carbocycles. The molecule has 0 radical (unpaired) electrons. The summed E-state index contributed by atoms with van der Waals surface area (Å²) >= 11 is 6.01. The van der Waals surface area contributed by atoms with Gasteiger partial charge in [0, 0.05) is 28.5 Å². The smallest absolute Gasteiger partial charge is 0.325 e. The van der Waals surface area contributed by atoms with Crippen molar-refractivity contribution in [1.82, 2.24) is 15.2 Å². The Morgan fingerprint density at radius 1 is 1.12 bits per heavy atom. The van der Waals surface area contributed by atoms with Crippen molar-refractivity contribution in [2.75, 3.05) is 0 Å². The van der Waals surface area contributed by atoms with Gasteiger partial charge in [-0.3, -0.25) is 9.69 Å². The number of imide groups is 1. The van der Waals surface area contributed by atoms with Crippen molar-refractivity contribution in [3.8, 4) is 0 Å². The van der Waals surface area contributed by atoms with Crippen LogP contribution in [0.25, 0.3) is 10.9 Å². The summed E-state index contributed by atoms with van der Waals surface area (Å²) in [5.74, 6) is -0.783. The number of amides is 3. The highest BCUT2D eigenvalue weighted by molar-refractivity contribution is 6.31. The minimum absolute atomic E-state index is 0.00810. The Kier molecular flexibility index (Phi) is 4.12. The van der Waals surface area contributed by atoms with E-state index in [1.54, 1.807) is 0 Å². The van der Waals surface area contributed by atoms with Crippen LogP contribution in [0.1, 0.15) is 11.1 Å². The van der Waals surface area contributed by atoms with Crippen LogP contribution in [0.2, 0.25) is 5.02 Å². The number of carbonyl (C=O) groups excluding carboxylic acids is 2. The molecule has 4 rings (SSSR count). The van der Waals surface area contributed by atoms with Crippen LogP contribution in [0.15, 0.2) is 48.7 Å². The van der Waals surface area contributed by atoms with Crippen LogP contribution in [0.3, 0.4) is 0 Å². The quantitative estimate of drug-likeness (QED) is 0.688. The van der Waals surface area contributed by atoms with Crippen molar-refractivity contribution in [3.05, 3.63) is 70.6 Å². The highest BCUT2D eigenvalue weighted by Crippen LogP contribution is 2.24. The number of fused-ring (bicyclic) bond motifs is 1. The lowest BCUT2D eigenvalue weighted by atomic mass is 10.0. The number of H-pyrrole nitrogens is 1. The number of hydrogen-bond acceptors (Lipinski definition) is 2. The highest BCUT2D eigenvalue weighted by atomic mass is 35.5. The van der Waals surface area contributed by atoms with Crippen LogP contribution in [0, 0.1) is 5.82 Å². The van der Waals surface area contributed by atoms with Gasteiger partial charge in [-0.15, -0.1) is 0 Å². The standard InChI is InChI=1S/C19H15ClFN3O2/c20-15-8-13(21)6-5-11(15)10-24-18(25)17(23-19(24)26)7-12-9-22-16-4-2-1-3-14(12)16/h1-6,8-9,17,22H,7,10H2,(H,23,26). The third-order valence-electron chi connectivity index (χ3n) is 4.55. The van der Waals surface area contributed by atoms with E-state index < -0.39 is 17.9 Å². The molecule has 1 aromatic heterocycles. The zero-order valence-corrected chi connectivity index (χ0v) is 14.4. The number of hydrogen-bond donors (Lipinski definition) is 2. The Morgan fingerprint density at radius 2 is 1.92 bits per heavy atom. The summed E-state index contributed by atoms with van der Waals surface area (Å²) in [5, 5.41) is 3.92.